The molecule has 118 valence electrons. The van der Waals surface area contributed by atoms with Crippen LogP contribution in [0.5, 0.6) is 0 Å². The fraction of sp³-hybridized carbons (Fsp3) is 0.0500. The first-order valence-corrected chi connectivity index (χ1v) is 8.31. The molecule has 0 aliphatic heterocycles. The lowest BCUT2D eigenvalue weighted by molar-refractivity contribution is 0.625. The summed E-state index contributed by atoms with van der Waals surface area (Å²) in [6.45, 7) is 0.409. The maximum atomic E-state index is 13.3. The van der Waals surface area contributed by atoms with Gasteiger partial charge in [0.2, 0.25) is 0 Å². The van der Waals surface area contributed by atoms with E-state index in [0.717, 1.165) is 10.6 Å². The molecule has 4 heteroatoms. The van der Waals surface area contributed by atoms with Gasteiger partial charge in [0, 0.05) is 22.0 Å². The lowest BCUT2D eigenvalue weighted by Gasteiger charge is -2.09. The quantitative estimate of drug-likeness (QED) is 0.673. The van der Waals surface area contributed by atoms with Crippen molar-refractivity contribution < 1.29 is 4.39 Å². The predicted molar refractivity (Wildman–Crippen MR) is 95.4 cm³/mol. The van der Waals surface area contributed by atoms with Gasteiger partial charge < -0.3 is 5.32 Å². The molecule has 0 saturated carbocycles. The highest BCUT2D eigenvalue weighted by Gasteiger charge is 2.04. The minimum absolute atomic E-state index is 0.333. The number of benzene rings is 3. The zero-order valence-corrected chi connectivity index (χ0v) is 13.7. The fourth-order valence-electron chi connectivity index (χ4n) is 2.28. The Balaban J connectivity index is 1.65. The zero-order chi connectivity index (χ0) is 16.8. The number of halogens is 1. The summed E-state index contributed by atoms with van der Waals surface area (Å²) in [6.07, 6.45) is 0. The van der Waals surface area contributed by atoms with Gasteiger partial charge in [-0.2, -0.15) is 5.26 Å². The van der Waals surface area contributed by atoms with Crippen molar-refractivity contribution in [3.8, 4) is 6.07 Å². The van der Waals surface area contributed by atoms with E-state index >= 15 is 0 Å². The first-order chi connectivity index (χ1) is 11.7. The average Bonchev–Trinajstić information content (AvgIpc) is 2.62. The monoisotopic (exact) mass is 334 g/mol. The first kappa shape index (κ1) is 16.1. The summed E-state index contributed by atoms with van der Waals surface area (Å²) in [5.41, 5.74) is 2.07. The predicted octanol–water partition coefficient (Wildman–Crippen LogP) is 5.46. The molecule has 0 heterocycles. The van der Waals surface area contributed by atoms with E-state index in [4.69, 9.17) is 5.26 Å². The van der Waals surface area contributed by atoms with Crippen molar-refractivity contribution in [1.82, 2.24) is 0 Å². The number of hydrogen-bond acceptors (Lipinski definition) is 3. The van der Waals surface area contributed by atoms with Crippen LogP contribution in [0.1, 0.15) is 11.1 Å². The molecule has 3 rings (SSSR count). The number of hydrogen-bond donors (Lipinski definition) is 1. The molecular weight excluding hydrogens is 319 g/mol. The SMILES string of the molecule is N#Cc1ccc(F)cc1CNc1ccc(Sc2ccccc2)cc1. The lowest BCUT2D eigenvalue weighted by atomic mass is 10.1. The summed E-state index contributed by atoms with van der Waals surface area (Å²) in [7, 11) is 0. The molecule has 24 heavy (non-hydrogen) atoms. The van der Waals surface area contributed by atoms with Crippen molar-refractivity contribution in [3.63, 3.8) is 0 Å². The van der Waals surface area contributed by atoms with E-state index < -0.39 is 0 Å². The highest BCUT2D eigenvalue weighted by molar-refractivity contribution is 7.99. The normalized spacial score (nSPS) is 10.2. The largest absolute Gasteiger partial charge is 0.381 e. The van der Waals surface area contributed by atoms with Crippen LogP contribution in [0.25, 0.3) is 0 Å². The van der Waals surface area contributed by atoms with E-state index in [-0.39, 0.29) is 5.82 Å². The number of nitrogens with zero attached hydrogens (tertiary/aromatic N) is 1. The van der Waals surface area contributed by atoms with Gasteiger partial charge in [-0.1, -0.05) is 30.0 Å². The summed E-state index contributed by atoms with van der Waals surface area (Å²) < 4.78 is 13.3. The molecule has 3 aromatic carbocycles. The van der Waals surface area contributed by atoms with Crippen molar-refractivity contribution in [2.24, 2.45) is 0 Å². The van der Waals surface area contributed by atoms with Crippen molar-refractivity contribution >= 4 is 17.4 Å². The van der Waals surface area contributed by atoms with E-state index in [1.807, 2.05) is 42.5 Å². The fourth-order valence-corrected chi connectivity index (χ4v) is 3.12. The van der Waals surface area contributed by atoms with Crippen LogP contribution >= 0.6 is 11.8 Å². The third-order valence-corrected chi connectivity index (χ3v) is 4.52. The van der Waals surface area contributed by atoms with Gasteiger partial charge in [0.1, 0.15) is 5.82 Å². The minimum Gasteiger partial charge on any atom is -0.381 e. The Bertz CT molecular complexity index is 855. The van der Waals surface area contributed by atoms with Gasteiger partial charge in [0.05, 0.1) is 11.6 Å². The molecule has 0 aliphatic carbocycles. The Morgan fingerprint density at radius 1 is 0.917 bits per heavy atom. The Morgan fingerprint density at radius 3 is 2.33 bits per heavy atom. The van der Waals surface area contributed by atoms with Crippen LogP contribution in [0.3, 0.4) is 0 Å². The Morgan fingerprint density at radius 2 is 1.62 bits per heavy atom. The number of nitrogens with one attached hydrogen (secondary N) is 1. The number of anilines is 1. The van der Waals surface area contributed by atoms with Gasteiger partial charge in [-0.05, 0) is 60.2 Å². The summed E-state index contributed by atoms with van der Waals surface area (Å²) in [5.74, 6) is -0.333. The highest BCUT2D eigenvalue weighted by atomic mass is 32.2. The molecule has 0 bridgehead atoms. The molecule has 1 N–H and O–H groups in total. The molecule has 0 aromatic heterocycles. The molecule has 0 aliphatic rings. The van der Waals surface area contributed by atoms with Gasteiger partial charge in [0.25, 0.3) is 0 Å². The first-order valence-electron chi connectivity index (χ1n) is 7.50. The maximum Gasteiger partial charge on any atom is 0.123 e. The average molecular weight is 334 g/mol. The highest BCUT2D eigenvalue weighted by Crippen LogP contribution is 2.28. The van der Waals surface area contributed by atoms with Gasteiger partial charge >= 0.3 is 0 Å². The van der Waals surface area contributed by atoms with Crippen LogP contribution in [0, 0.1) is 17.1 Å². The van der Waals surface area contributed by atoms with Crippen LogP contribution in [0.4, 0.5) is 10.1 Å². The molecule has 0 atom stereocenters. The molecule has 0 radical (unpaired) electrons. The van der Waals surface area contributed by atoms with Crippen molar-refractivity contribution in [2.75, 3.05) is 5.32 Å². The molecule has 0 saturated heterocycles. The Kier molecular flexibility index (Phi) is 5.15. The van der Waals surface area contributed by atoms with E-state index in [9.17, 15) is 4.39 Å². The topological polar surface area (TPSA) is 35.8 Å². The summed E-state index contributed by atoms with van der Waals surface area (Å²) in [5, 5.41) is 12.3. The molecule has 0 spiro atoms. The molecular formula is C20H15FN2S. The summed E-state index contributed by atoms with van der Waals surface area (Å²) in [4.78, 5) is 2.34. The number of rotatable bonds is 5. The van der Waals surface area contributed by atoms with Crippen molar-refractivity contribution in [3.05, 3.63) is 89.7 Å². The van der Waals surface area contributed by atoms with Gasteiger partial charge in [-0.15, -0.1) is 0 Å². The van der Waals surface area contributed by atoms with E-state index in [2.05, 4.69) is 23.5 Å². The smallest absolute Gasteiger partial charge is 0.123 e. The van der Waals surface area contributed by atoms with Crippen LogP contribution in [-0.4, -0.2) is 0 Å². The molecule has 0 fully saturated rings. The Hall–Kier alpha value is -2.77. The van der Waals surface area contributed by atoms with Crippen LogP contribution < -0.4 is 5.32 Å². The third kappa shape index (κ3) is 4.15. The Labute approximate surface area is 145 Å². The van der Waals surface area contributed by atoms with E-state index in [1.54, 1.807) is 11.8 Å². The minimum atomic E-state index is -0.333. The van der Waals surface area contributed by atoms with Gasteiger partial charge in [0.15, 0.2) is 0 Å². The second-order valence-corrected chi connectivity index (χ2v) is 6.35. The van der Waals surface area contributed by atoms with Crippen LogP contribution in [0.15, 0.2) is 82.6 Å². The summed E-state index contributed by atoms with van der Waals surface area (Å²) >= 11 is 1.70. The standard InChI is InChI=1S/C20H15FN2S/c21-17-7-6-15(13-22)16(12-17)14-23-18-8-10-20(11-9-18)24-19-4-2-1-3-5-19/h1-12,23H,14H2. The van der Waals surface area contributed by atoms with Gasteiger partial charge in [-0.25, -0.2) is 4.39 Å². The second-order valence-electron chi connectivity index (χ2n) is 5.21. The molecule has 2 nitrogen and oxygen atoms in total. The van der Waals surface area contributed by atoms with Crippen molar-refractivity contribution in [2.45, 2.75) is 16.3 Å². The molecule has 0 unspecified atom stereocenters. The van der Waals surface area contributed by atoms with Crippen molar-refractivity contribution in [1.29, 1.82) is 5.26 Å². The molecule has 3 aromatic rings. The number of nitriles is 1. The lowest BCUT2D eigenvalue weighted by Crippen LogP contribution is -2.02. The maximum absolute atomic E-state index is 13.3. The van der Waals surface area contributed by atoms with Gasteiger partial charge in [-0.3, -0.25) is 0 Å². The van der Waals surface area contributed by atoms with E-state index in [1.165, 1.54) is 23.1 Å². The van der Waals surface area contributed by atoms with E-state index in [0.29, 0.717) is 17.7 Å². The zero-order valence-electron chi connectivity index (χ0n) is 12.9. The second kappa shape index (κ2) is 7.67. The summed E-state index contributed by atoms with van der Waals surface area (Å²) in [6, 6.07) is 24.5. The molecule has 0 amide bonds. The van der Waals surface area contributed by atoms with Crippen LogP contribution in [0.2, 0.25) is 0 Å². The third-order valence-electron chi connectivity index (χ3n) is 3.50. The van der Waals surface area contributed by atoms with Crippen LogP contribution in [-0.2, 0) is 6.54 Å².